The third kappa shape index (κ3) is 3.01. The van der Waals surface area contributed by atoms with Crippen molar-refractivity contribution in [2.24, 2.45) is 0 Å². The second-order valence-corrected chi connectivity index (χ2v) is 8.07. The zero-order valence-corrected chi connectivity index (χ0v) is 15.4. The summed E-state index contributed by atoms with van der Waals surface area (Å²) in [6.07, 6.45) is 0. The fraction of sp³-hybridized carbons (Fsp3) is 0.0714. The van der Waals surface area contributed by atoms with Crippen molar-refractivity contribution in [1.82, 2.24) is 0 Å². The van der Waals surface area contributed by atoms with Crippen molar-refractivity contribution >= 4 is 59.3 Å². The summed E-state index contributed by atoms with van der Waals surface area (Å²) in [5.74, 6) is -0.533. The molecule has 0 saturated heterocycles. The number of anilines is 2. The summed E-state index contributed by atoms with van der Waals surface area (Å²) < 4.78 is 34.3. The molecular formula is C14H10Br2N2O4S. The molecule has 2 aromatic carbocycles. The largest absolute Gasteiger partial charge is 0.350 e. The number of carbonyl (C=O) groups excluding carboxylic acids is 1. The molecule has 2 N–H and O–H groups in total. The molecule has 0 saturated carbocycles. The fourth-order valence-corrected chi connectivity index (χ4v) is 3.93. The monoisotopic (exact) mass is 460 g/mol. The van der Waals surface area contributed by atoms with Crippen LogP contribution in [-0.4, -0.2) is 24.4 Å². The highest BCUT2D eigenvalue weighted by molar-refractivity contribution is 9.10. The van der Waals surface area contributed by atoms with Gasteiger partial charge in [-0.1, -0.05) is 28.1 Å². The molecule has 1 aliphatic heterocycles. The maximum Gasteiger partial charge on any atom is 0.306 e. The summed E-state index contributed by atoms with van der Waals surface area (Å²) in [6, 6.07) is 11.5. The first-order valence-corrected chi connectivity index (χ1v) is 9.48. The molecule has 0 spiro atoms. The molecule has 0 aliphatic carbocycles. The zero-order valence-electron chi connectivity index (χ0n) is 11.4. The van der Waals surface area contributed by atoms with Crippen molar-refractivity contribution in [1.29, 1.82) is 0 Å². The highest BCUT2D eigenvalue weighted by Gasteiger charge is 2.41. The lowest BCUT2D eigenvalue weighted by molar-refractivity contribution is 0.0980. The predicted molar refractivity (Wildman–Crippen MR) is 94.1 cm³/mol. The van der Waals surface area contributed by atoms with E-state index in [1.54, 1.807) is 42.5 Å². The summed E-state index contributed by atoms with van der Waals surface area (Å²) >= 11 is 6.59. The van der Waals surface area contributed by atoms with Crippen molar-refractivity contribution in [2.75, 3.05) is 10.2 Å². The van der Waals surface area contributed by atoms with E-state index in [2.05, 4.69) is 37.2 Å². The van der Waals surface area contributed by atoms with Gasteiger partial charge in [-0.2, -0.15) is 8.42 Å². The van der Waals surface area contributed by atoms with Gasteiger partial charge in [-0.25, -0.2) is 0 Å². The lowest BCUT2D eigenvalue weighted by Crippen LogP contribution is -2.53. The molecule has 1 unspecified atom stereocenters. The molecule has 1 aliphatic rings. The van der Waals surface area contributed by atoms with Crippen molar-refractivity contribution < 1.29 is 17.8 Å². The van der Waals surface area contributed by atoms with Crippen LogP contribution in [0.2, 0.25) is 0 Å². The van der Waals surface area contributed by atoms with E-state index in [0.717, 1.165) is 4.90 Å². The Bertz CT molecular complexity index is 901. The van der Waals surface area contributed by atoms with Gasteiger partial charge in [0.25, 0.3) is 5.91 Å². The number of halogens is 2. The van der Waals surface area contributed by atoms with Crippen LogP contribution in [0.3, 0.4) is 0 Å². The number of hydrogen-bond acceptors (Lipinski definition) is 4. The number of para-hydroxylation sites is 1. The molecule has 120 valence electrons. The van der Waals surface area contributed by atoms with Gasteiger partial charge in [0.15, 0.2) is 0 Å². The molecule has 1 heterocycles. The van der Waals surface area contributed by atoms with Gasteiger partial charge < -0.3 is 5.32 Å². The lowest BCUT2D eigenvalue weighted by atomic mass is 10.1. The molecule has 9 heteroatoms. The molecule has 1 amide bonds. The number of hydrogen-bond donors (Lipinski definition) is 2. The maximum absolute atomic E-state index is 12.8. The number of fused-ring (bicyclic) bond motifs is 1. The molecule has 3 rings (SSSR count). The van der Waals surface area contributed by atoms with Crippen LogP contribution < -0.4 is 10.2 Å². The summed E-state index contributed by atoms with van der Waals surface area (Å²) in [7, 11) is -4.56. The molecule has 6 nitrogen and oxygen atoms in total. The van der Waals surface area contributed by atoms with Crippen molar-refractivity contribution in [2.45, 2.75) is 5.50 Å². The first kappa shape index (κ1) is 16.4. The molecular weight excluding hydrogens is 452 g/mol. The van der Waals surface area contributed by atoms with Crippen LogP contribution in [0.5, 0.6) is 0 Å². The molecule has 23 heavy (non-hydrogen) atoms. The number of benzene rings is 2. The van der Waals surface area contributed by atoms with Gasteiger partial charge in [-0.15, -0.1) is 0 Å². The standard InChI is InChI=1S/C14H10Br2N2O4S/c15-8-5-6-11-9(7-8)13(19)18(14(17-11)23(20,21)22)12-4-2-1-3-10(12)16/h1-7,14,17H,(H,20,21,22). The van der Waals surface area contributed by atoms with E-state index < -0.39 is 21.5 Å². The van der Waals surface area contributed by atoms with Gasteiger partial charge in [0.05, 0.1) is 11.3 Å². The Morgan fingerprint density at radius 1 is 1.13 bits per heavy atom. The Balaban J connectivity index is 2.22. The SMILES string of the molecule is O=C1c2cc(Br)ccc2NC(S(=O)(=O)O)N1c1ccccc1Br. The Morgan fingerprint density at radius 2 is 1.83 bits per heavy atom. The highest BCUT2D eigenvalue weighted by atomic mass is 79.9. The number of carbonyl (C=O) groups is 1. The first-order chi connectivity index (χ1) is 10.8. The first-order valence-electron chi connectivity index (χ1n) is 6.39. The van der Waals surface area contributed by atoms with E-state index in [-0.39, 0.29) is 0 Å². The minimum Gasteiger partial charge on any atom is -0.350 e. The summed E-state index contributed by atoms with van der Waals surface area (Å²) in [4.78, 5) is 13.9. The Hall–Kier alpha value is -1.42. The zero-order chi connectivity index (χ0) is 16.8. The van der Waals surface area contributed by atoms with Crippen molar-refractivity contribution in [3.05, 3.63) is 57.0 Å². The normalized spacial score (nSPS) is 17.6. The van der Waals surface area contributed by atoms with Crippen LogP contribution in [0.4, 0.5) is 11.4 Å². The van der Waals surface area contributed by atoms with Crippen LogP contribution in [0.25, 0.3) is 0 Å². The van der Waals surface area contributed by atoms with E-state index in [1.807, 2.05) is 0 Å². The summed E-state index contributed by atoms with van der Waals surface area (Å²) in [5.41, 5.74) is -0.639. The van der Waals surface area contributed by atoms with Crippen LogP contribution in [0.15, 0.2) is 51.4 Å². The van der Waals surface area contributed by atoms with E-state index in [0.29, 0.717) is 25.9 Å². The molecule has 2 aromatic rings. The van der Waals surface area contributed by atoms with Crippen LogP contribution >= 0.6 is 31.9 Å². The molecule has 1 atom stereocenters. The summed E-state index contributed by atoms with van der Waals surface area (Å²) in [6.45, 7) is 0. The van der Waals surface area contributed by atoms with Crippen LogP contribution in [-0.2, 0) is 10.1 Å². The fourth-order valence-electron chi connectivity index (χ4n) is 2.34. The topological polar surface area (TPSA) is 86.7 Å². The molecule has 0 fully saturated rings. The maximum atomic E-state index is 12.8. The van der Waals surface area contributed by atoms with Gasteiger partial charge in [-0.05, 0) is 46.3 Å². The molecule has 0 aromatic heterocycles. The third-order valence-electron chi connectivity index (χ3n) is 3.34. The number of amides is 1. The van der Waals surface area contributed by atoms with Crippen molar-refractivity contribution in [3.63, 3.8) is 0 Å². The number of nitrogens with one attached hydrogen (secondary N) is 1. The third-order valence-corrected chi connectivity index (χ3v) is 5.40. The Kier molecular flexibility index (Phi) is 4.21. The Labute approximate surface area is 149 Å². The average molecular weight is 462 g/mol. The van der Waals surface area contributed by atoms with Gasteiger partial charge >= 0.3 is 10.1 Å². The summed E-state index contributed by atoms with van der Waals surface area (Å²) in [5, 5.41) is 2.70. The van der Waals surface area contributed by atoms with Gasteiger partial charge in [-0.3, -0.25) is 14.2 Å². The van der Waals surface area contributed by atoms with E-state index in [4.69, 9.17) is 0 Å². The van der Waals surface area contributed by atoms with Gasteiger partial charge in [0, 0.05) is 14.6 Å². The number of nitrogens with zero attached hydrogens (tertiary/aromatic N) is 1. The van der Waals surface area contributed by atoms with Gasteiger partial charge in [0.1, 0.15) is 0 Å². The van der Waals surface area contributed by atoms with Crippen LogP contribution in [0.1, 0.15) is 10.4 Å². The average Bonchev–Trinajstić information content (AvgIpc) is 2.48. The molecule has 0 radical (unpaired) electrons. The quantitative estimate of drug-likeness (QED) is 0.669. The number of rotatable bonds is 2. The minimum atomic E-state index is -4.56. The van der Waals surface area contributed by atoms with Gasteiger partial charge in [0.2, 0.25) is 5.50 Å². The van der Waals surface area contributed by atoms with E-state index >= 15 is 0 Å². The smallest absolute Gasteiger partial charge is 0.306 e. The van der Waals surface area contributed by atoms with E-state index in [1.165, 1.54) is 0 Å². The lowest BCUT2D eigenvalue weighted by Gasteiger charge is -2.36. The Morgan fingerprint density at radius 3 is 2.48 bits per heavy atom. The second kappa shape index (κ2) is 5.90. The second-order valence-electron chi connectivity index (χ2n) is 4.83. The highest BCUT2D eigenvalue weighted by Crippen LogP contribution is 2.36. The van der Waals surface area contributed by atoms with Crippen LogP contribution in [0, 0.1) is 0 Å². The van der Waals surface area contributed by atoms with Crippen molar-refractivity contribution in [3.8, 4) is 0 Å². The van der Waals surface area contributed by atoms with E-state index in [9.17, 15) is 17.8 Å². The predicted octanol–water partition coefficient (Wildman–Crippen LogP) is 3.46. The minimum absolute atomic E-state index is 0.301. The molecule has 0 bridgehead atoms.